The Hall–Kier alpha value is -2.27. The minimum Gasteiger partial charge on any atom is -0.497 e. The summed E-state index contributed by atoms with van der Waals surface area (Å²) in [5.74, 6) is -0.290. The van der Waals surface area contributed by atoms with Crippen LogP contribution in [0.25, 0.3) is 6.08 Å². The Morgan fingerprint density at radius 3 is 2.86 bits per heavy atom. The van der Waals surface area contributed by atoms with Crippen LogP contribution in [0.5, 0.6) is 5.75 Å². The molecule has 0 fully saturated rings. The molecule has 1 N–H and O–H groups in total. The van der Waals surface area contributed by atoms with E-state index < -0.39 is 5.97 Å². The molecule has 0 amide bonds. The number of aromatic nitrogens is 2. The van der Waals surface area contributed by atoms with E-state index in [0.29, 0.717) is 17.3 Å². The lowest BCUT2D eigenvalue weighted by molar-refractivity contribution is -0.131. The van der Waals surface area contributed by atoms with Crippen molar-refractivity contribution in [3.8, 4) is 5.75 Å². The minimum atomic E-state index is -0.991. The number of aliphatic carboxylic acids is 1. The number of hydrogen-bond acceptors (Lipinski definition) is 3. The van der Waals surface area contributed by atoms with Gasteiger partial charge in [-0.1, -0.05) is 17.7 Å². The van der Waals surface area contributed by atoms with Crippen molar-refractivity contribution in [2.75, 3.05) is 7.11 Å². The third-order valence-electron chi connectivity index (χ3n) is 2.97. The smallest absolute Gasteiger partial charge is 0.328 e. The Balaban J connectivity index is 2.36. The number of rotatable bonds is 5. The lowest BCUT2D eigenvalue weighted by Crippen LogP contribution is -2.03. The predicted octanol–water partition coefficient (Wildman–Crippen LogP) is 3.00. The molecule has 0 bridgehead atoms. The second-order valence-corrected chi connectivity index (χ2v) is 4.90. The topological polar surface area (TPSA) is 64.3 Å². The van der Waals surface area contributed by atoms with Crippen LogP contribution < -0.4 is 4.74 Å². The first-order valence-corrected chi connectivity index (χ1v) is 6.65. The fourth-order valence-electron chi connectivity index (χ4n) is 1.92. The molecule has 6 heteroatoms. The van der Waals surface area contributed by atoms with Crippen LogP contribution >= 0.6 is 11.6 Å². The Morgan fingerprint density at radius 1 is 1.52 bits per heavy atom. The van der Waals surface area contributed by atoms with Gasteiger partial charge in [0.15, 0.2) is 0 Å². The number of nitrogens with zero attached hydrogens (tertiary/aromatic N) is 2. The van der Waals surface area contributed by atoms with Crippen LogP contribution in [0.3, 0.4) is 0 Å². The molecule has 5 nitrogen and oxygen atoms in total. The molecule has 1 heterocycles. The van der Waals surface area contributed by atoms with E-state index in [2.05, 4.69) is 5.10 Å². The predicted molar refractivity (Wildman–Crippen MR) is 80.7 cm³/mol. The zero-order chi connectivity index (χ0) is 15.4. The maximum Gasteiger partial charge on any atom is 0.328 e. The second kappa shape index (κ2) is 6.45. The molecule has 0 aliphatic heterocycles. The summed E-state index contributed by atoms with van der Waals surface area (Å²) < 4.78 is 6.92. The van der Waals surface area contributed by atoms with Gasteiger partial charge in [0.1, 0.15) is 5.75 Å². The molecule has 0 saturated carbocycles. The SMILES string of the molecule is COc1ccc(C=CC(=O)O)c(Cn2cc(Cl)c(C)n2)c1. The number of carbonyl (C=O) groups is 1. The van der Waals surface area contributed by atoms with Gasteiger partial charge in [0.2, 0.25) is 0 Å². The summed E-state index contributed by atoms with van der Waals surface area (Å²) in [6.07, 6.45) is 4.39. The molecular formula is C15H15ClN2O3. The highest BCUT2D eigenvalue weighted by atomic mass is 35.5. The van der Waals surface area contributed by atoms with E-state index in [4.69, 9.17) is 21.4 Å². The van der Waals surface area contributed by atoms with Crippen LogP contribution in [-0.4, -0.2) is 28.0 Å². The van der Waals surface area contributed by atoms with Crippen molar-refractivity contribution < 1.29 is 14.6 Å². The van der Waals surface area contributed by atoms with E-state index in [1.54, 1.807) is 30.1 Å². The van der Waals surface area contributed by atoms with Gasteiger partial charge in [0, 0.05) is 12.3 Å². The zero-order valence-corrected chi connectivity index (χ0v) is 12.5. The number of carboxylic acids is 1. The number of aryl methyl sites for hydroxylation is 1. The summed E-state index contributed by atoms with van der Waals surface area (Å²) >= 11 is 6.00. The van der Waals surface area contributed by atoms with Gasteiger partial charge in [-0.05, 0) is 36.3 Å². The zero-order valence-electron chi connectivity index (χ0n) is 11.7. The largest absolute Gasteiger partial charge is 0.497 e. The number of hydrogen-bond donors (Lipinski definition) is 1. The van der Waals surface area contributed by atoms with Crippen molar-refractivity contribution in [2.45, 2.75) is 13.5 Å². The van der Waals surface area contributed by atoms with Gasteiger partial charge in [-0.15, -0.1) is 0 Å². The van der Waals surface area contributed by atoms with Crippen LogP contribution in [0.1, 0.15) is 16.8 Å². The highest BCUT2D eigenvalue weighted by Gasteiger charge is 2.07. The van der Waals surface area contributed by atoms with Crippen molar-refractivity contribution in [3.63, 3.8) is 0 Å². The van der Waals surface area contributed by atoms with E-state index in [1.165, 1.54) is 0 Å². The van der Waals surface area contributed by atoms with Gasteiger partial charge in [-0.2, -0.15) is 5.10 Å². The fourth-order valence-corrected chi connectivity index (χ4v) is 2.07. The Bertz CT molecular complexity index is 673. The van der Waals surface area contributed by atoms with Gasteiger partial charge >= 0.3 is 5.97 Å². The summed E-state index contributed by atoms with van der Waals surface area (Å²) in [6.45, 7) is 2.31. The van der Waals surface area contributed by atoms with Crippen molar-refractivity contribution in [3.05, 3.63) is 52.3 Å². The Labute approximate surface area is 127 Å². The van der Waals surface area contributed by atoms with E-state index in [0.717, 1.165) is 22.9 Å². The fraction of sp³-hybridized carbons (Fsp3) is 0.200. The number of benzene rings is 1. The molecule has 0 atom stereocenters. The minimum absolute atomic E-state index is 0.476. The molecule has 0 aliphatic rings. The van der Waals surface area contributed by atoms with E-state index >= 15 is 0 Å². The standard InChI is InChI=1S/C15H15ClN2O3/c1-10-14(16)9-18(17-10)8-12-7-13(21-2)5-3-11(12)4-6-15(19)20/h3-7,9H,8H2,1-2H3,(H,19,20). The molecule has 0 unspecified atom stereocenters. The molecule has 0 radical (unpaired) electrons. The van der Waals surface area contributed by atoms with Crippen LogP contribution in [0.2, 0.25) is 5.02 Å². The maximum absolute atomic E-state index is 10.7. The Kier molecular flexibility index (Phi) is 4.65. The average Bonchev–Trinajstić information content (AvgIpc) is 2.75. The maximum atomic E-state index is 10.7. The van der Waals surface area contributed by atoms with E-state index in [9.17, 15) is 4.79 Å². The first-order valence-electron chi connectivity index (χ1n) is 6.27. The van der Waals surface area contributed by atoms with Crippen molar-refractivity contribution >= 4 is 23.6 Å². The summed E-state index contributed by atoms with van der Waals surface area (Å²) in [4.78, 5) is 10.7. The molecule has 110 valence electrons. The van der Waals surface area contributed by atoms with Gasteiger partial charge in [0.05, 0.1) is 24.4 Å². The van der Waals surface area contributed by atoms with Crippen LogP contribution in [0, 0.1) is 6.92 Å². The molecule has 21 heavy (non-hydrogen) atoms. The van der Waals surface area contributed by atoms with E-state index in [-0.39, 0.29) is 0 Å². The van der Waals surface area contributed by atoms with Gasteiger partial charge in [0.25, 0.3) is 0 Å². The first-order chi connectivity index (χ1) is 9.99. The normalized spacial score (nSPS) is 11.0. The quantitative estimate of drug-likeness (QED) is 0.863. The third-order valence-corrected chi connectivity index (χ3v) is 3.35. The van der Waals surface area contributed by atoms with Gasteiger partial charge in [-0.25, -0.2) is 4.79 Å². The van der Waals surface area contributed by atoms with Crippen molar-refractivity contribution in [2.24, 2.45) is 0 Å². The second-order valence-electron chi connectivity index (χ2n) is 4.50. The first kappa shape index (κ1) is 15.1. The molecule has 0 saturated heterocycles. The van der Waals surface area contributed by atoms with Gasteiger partial charge in [-0.3, -0.25) is 4.68 Å². The number of methoxy groups -OCH3 is 1. The third kappa shape index (κ3) is 3.86. The van der Waals surface area contributed by atoms with Crippen molar-refractivity contribution in [1.29, 1.82) is 0 Å². The lowest BCUT2D eigenvalue weighted by Gasteiger charge is -2.09. The summed E-state index contributed by atoms with van der Waals surface area (Å²) in [6, 6.07) is 5.45. The molecule has 2 rings (SSSR count). The highest BCUT2D eigenvalue weighted by molar-refractivity contribution is 6.31. The molecule has 0 aliphatic carbocycles. The molecule has 2 aromatic rings. The van der Waals surface area contributed by atoms with Crippen LogP contribution in [-0.2, 0) is 11.3 Å². The summed E-state index contributed by atoms with van der Waals surface area (Å²) in [5, 5.41) is 13.6. The van der Waals surface area contributed by atoms with Gasteiger partial charge < -0.3 is 9.84 Å². The number of ether oxygens (including phenoxy) is 1. The van der Waals surface area contributed by atoms with Crippen LogP contribution in [0.15, 0.2) is 30.5 Å². The molecule has 1 aromatic carbocycles. The number of halogens is 1. The average molecular weight is 307 g/mol. The summed E-state index contributed by atoms with van der Waals surface area (Å²) in [5.41, 5.74) is 2.44. The summed E-state index contributed by atoms with van der Waals surface area (Å²) in [7, 11) is 1.58. The van der Waals surface area contributed by atoms with Crippen molar-refractivity contribution in [1.82, 2.24) is 9.78 Å². The lowest BCUT2D eigenvalue weighted by atomic mass is 10.1. The van der Waals surface area contributed by atoms with Crippen LogP contribution in [0.4, 0.5) is 0 Å². The van der Waals surface area contributed by atoms with E-state index in [1.807, 2.05) is 19.1 Å². The molecule has 1 aromatic heterocycles. The highest BCUT2D eigenvalue weighted by Crippen LogP contribution is 2.21. The number of carboxylic acid groups (broad SMARTS) is 1. The molecule has 0 spiro atoms. The Morgan fingerprint density at radius 2 is 2.29 bits per heavy atom. The molecular weight excluding hydrogens is 292 g/mol. The monoisotopic (exact) mass is 306 g/mol.